The molecule has 0 amide bonds. The number of fused-ring (bicyclic) bond motifs is 1. The average molecular weight is 232 g/mol. The van der Waals surface area contributed by atoms with Crippen LogP contribution in [0.4, 0.5) is 0 Å². The Morgan fingerprint density at radius 1 is 1.18 bits per heavy atom. The molecule has 0 unspecified atom stereocenters. The van der Waals surface area contributed by atoms with Gasteiger partial charge in [0.2, 0.25) is 0 Å². The van der Waals surface area contributed by atoms with E-state index in [9.17, 15) is 0 Å². The van der Waals surface area contributed by atoms with E-state index in [1.54, 1.807) is 0 Å². The first-order valence-corrected chi connectivity index (χ1v) is 5.88. The second kappa shape index (κ2) is 3.70. The molecule has 2 aromatic rings. The van der Waals surface area contributed by atoms with Gasteiger partial charge in [-0.3, -0.25) is 0 Å². The molecule has 3 rings (SSSR count). The van der Waals surface area contributed by atoms with Crippen LogP contribution < -0.4 is 5.32 Å². The van der Waals surface area contributed by atoms with Crippen molar-refractivity contribution in [2.45, 2.75) is 33.9 Å². The summed E-state index contributed by atoms with van der Waals surface area (Å²) in [5, 5.41) is 11.8. The lowest BCUT2D eigenvalue weighted by atomic mass is 10.1. The Kier molecular flexibility index (Phi) is 2.29. The highest BCUT2D eigenvalue weighted by atomic mass is 16.3. The minimum atomic E-state index is 0.794. The number of aryl methyl sites for hydroxylation is 2. The third-order valence-corrected chi connectivity index (χ3v) is 3.41. The van der Waals surface area contributed by atoms with Gasteiger partial charge in [0, 0.05) is 18.7 Å². The molecule has 1 N–H and O–H groups in total. The van der Waals surface area contributed by atoms with E-state index in [2.05, 4.69) is 27.0 Å². The number of aromatic nitrogens is 3. The van der Waals surface area contributed by atoms with E-state index in [4.69, 9.17) is 4.42 Å². The number of hydrogen-bond donors (Lipinski definition) is 1. The molecular formula is C12H16N4O. The highest BCUT2D eigenvalue weighted by Gasteiger charge is 2.22. The quantitative estimate of drug-likeness (QED) is 0.810. The Morgan fingerprint density at radius 3 is 2.71 bits per heavy atom. The molecule has 0 spiro atoms. The van der Waals surface area contributed by atoms with Gasteiger partial charge in [0.25, 0.3) is 0 Å². The van der Waals surface area contributed by atoms with Crippen LogP contribution in [0, 0.1) is 20.8 Å². The number of nitrogens with one attached hydrogen (secondary N) is 1. The van der Waals surface area contributed by atoms with Crippen LogP contribution in [0.5, 0.6) is 0 Å². The van der Waals surface area contributed by atoms with Gasteiger partial charge in [0.15, 0.2) is 5.82 Å². The Bertz CT molecular complexity index is 567. The fourth-order valence-electron chi connectivity index (χ4n) is 2.40. The molecule has 0 aromatic carbocycles. The lowest BCUT2D eigenvalue weighted by Crippen LogP contribution is -2.28. The first kappa shape index (κ1) is 10.5. The van der Waals surface area contributed by atoms with E-state index in [0.717, 1.165) is 53.9 Å². The molecular weight excluding hydrogens is 216 g/mol. The van der Waals surface area contributed by atoms with Crippen molar-refractivity contribution in [2.24, 2.45) is 0 Å². The summed E-state index contributed by atoms with van der Waals surface area (Å²) in [5.41, 5.74) is 2.26. The molecule has 3 heterocycles. The van der Waals surface area contributed by atoms with E-state index in [1.165, 1.54) is 0 Å². The van der Waals surface area contributed by atoms with Crippen LogP contribution in [0.1, 0.15) is 22.9 Å². The van der Waals surface area contributed by atoms with Gasteiger partial charge in [-0.1, -0.05) is 0 Å². The molecule has 5 heteroatoms. The highest BCUT2D eigenvalue weighted by Crippen LogP contribution is 2.30. The molecule has 90 valence electrons. The second-order valence-corrected chi connectivity index (χ2v) is 4.48. The van der Waals surface area contributed by atoms with Gasteiger partial charge in [-0.15, -0.1) is 10.2 Å². The van der Waals surface area contributed by atoms with Crippen molar-refractivity contribution in [3.63, 3.8) is 0 Å². The molecule has 1 aliphatic heterocycles. The molecule has 1 aliphatic rings. The number of hydrogen-bond acceptors (Lipinski definition) is 4. The summed E-state index contributed by atoms with van der Waals surface area (Å²) < 4.78 is 7.84. The van der Waals surface area contributed by atoms with E-state index in [-0.39, 0.29) is 0 Å². The van der Waals surface area contributed by atoms with Crippen LogP contribution in [0.25, 0.3) is 11.4 Å². The van der Waals surface area contributed by atoms with E-state index in [0.29, 0.717) is 0 Å². The van der Waals surface area contributed by atoms with Gasteiger partial charge in [-0.05, 0) is 20.8 Å². The molecule has 0 saturated heterocycles. The van der Waals surface area contributed by atoms with Crippen molar-refractivity contribution < 1.29 is 4.42 Å². The topological polar surface area (TPSA) is 55.9 Å². The molecule has 0 radical (unpaired) electrons. The van der Waals surface area contributed by atoms with E-state index < -0.39 is 0 Å². The van der Waals surface area contributed by atoms with Crippen LogP contribution >= 0.6 is 0 Å². The second-order valence-electron chi connectivity index (χ2n) is 4.48. The normalized spacial score (nSPS) is 15.0. The molecule has 17 heavy (non-hydrogen) atoms. The Balaban J connectivity index is 2.18. The molecule has 0 bridgehead atoms. The summed E-state index contributed by atoms with van der Waals surface area (Å²) in [7, 11) is 0. The van der Waals surface area contributed by atoms with Crippen molar-refractivity contribution >= 4 is 0 Å². The van der Waals surface area contributed by atoms with E-state index in [1.807, 2.05) is 13.8 Å². The molecule has 0 saturated carbocycles. The fraction of sp³-hybridized carbons (Fsp3) is 0.500. The zero-order valence-electron chi connectivity index (χ0n) is 10.4. The van der Waals surface area contributed by atoms with Gasteiger partial charge in [-0.25, -0.2) is 0 Å². The van der Waals surface area contributed by atoms with Crippen molar-refractivity contribution in [3.05, 3.63) is 22.9 Å². The van der Waals surface area contributed by atoms with Gasteiger partial charge in [0.1, 0.15) is 17.3 Å². The standard InChI is InChI=1S/C12H16N4O/c1-7-8(2)17-9(3)11(7)12-15-14-10-6-13-4-5-16(10)12/h13H,4-6H2,1-3H3. The van der Waals surface area contributed by atoms with Crippen molar-refractivity contribution in [1.82, 2.24) is 20.1 Å². The average Bonchev–Trinajstić information content (AvgIpc) is 2.82. The first-order valence-electron chi connectivity index (χ1n) is 5.88. The predicted molar refractivity (Wildman–Crippen MR) is 63.6 cm³/mol. The summed E-state index contributed by atoms with van der Waals surface area (Å²) in [5.74, 6) is 3.83. The maximum atomic E-state index is 5.66. The van der Waals surface area contributed by atoms with Crippen LogP contribution in [-0.2, 0) is 13.1 Å². The summed E-state index contributed by atoms with van der Waals surface area (Å²) in [6.07, 6.45) is 0. The van der Waals surface area contributed by atoms with Gasteiger partial charge < -0.3 is 14.3 Å². The van der Waals surface area contributed by atoms with Gasteiger partial charge in [0.05, 0.1) is 12.1 Å². The molecule has 0 aliphatic carbocycles. The van der Waals surface area contributed by atoms with Crippen molar-refractivity contribution in [3.8, 4) is 11.4 Å². The largest absolute Gasteiger partial charge is 0.466 e. The third kappa shape index (κ3) is 1.50. The Labute approximate surface area is 99.8 Å². The van der Waals surface area contributed by atoms with Crippen LogP contribution in [0.3, 0.4) is 0 Å². The minimum absolute atomic E-state index is 0.794. The summed E-state index contributed by atoms with van der Waals surface area (Å²) in [6, 6.07) is 0. The third-order valence-electron chi connectivity index (χ3n) is 3.41. The molecule has 0 atom stereocenters. The first-order chi connectivity index (χ1) is 8.18. The minimum Gasteiger partial charge on any atom is -0.466 e. The summed E-state index contributed by atoms with van der Waals surface area (Å²) in [4.78, 5) is 0. The zero-order valence-corrected chi connectivity index (χ0v) is 10.4. The zero-order chi connectivity index (χ0) is 12.0. The summed E-state index contributed by atoms with van der Waals surface area (Å²) >= 11 is 0. The lowest BCUT2D eigenvalue weighted by molar-refractivity contribution is 0.499. The molecule has 5 nitrogen and oxygen atoms in total. The van der Waals surface area contributed by atoms with Crippen LogP contribution in [0.15, 0.2) is 4.42 Å². The van der Waals surface area contributed by atoms with Crippen molar-refractivity contribution in [2.75, 3.05) is 6.54 Å². The highest BCUT2D eigenvalue weighted by molar-refractivity contribution is 5.64. The maximum absolute atomic E-state index is 5.66. The lowest BCUT2D eigenvalue weighted by Gasteiger charge is -2.15. The smallest absolute Gasteiger partial charge is 0.167 e. The Morgan fingerprint density at radius 2 is 2.00 bits per heavy atom. The molecule has 0 fully saturated rings. The number of furan rings is 1. The number of rotatable bonds is 1. The number of nitrogens with zero attached hydrogens (tertiary/aromatic N) is 3. The summed E-state index contributed by atoms with van der Waals surface area (Å²) in [6.45, 7) is 8.72. The molecule has 2 aromatic heterocycles. The van der Waals surface area contributed by atoms with E-state index >= 15 is 0 Å². The van der Waals surface area contributed by atoms with Crippen molar-refractivity contribution in [1.29, 1.82) is 0 Å². The van der Waals surface area contributed by atoms with Gasteiger partial charge in [-0.2, -0.15) is 0 Å². The predicted octanol–water partition coefficient (Wildman–Crippen LogP) is 1.57. The van der Waals surface area contributed by atoms with Gasteiger partial charge >= 0.3 is 0 Å². The monoisotopic (exact) mass is 232 g/mol. The van der Waals surface area contributed by atoms with Crippen LogP contribution in [-0.4, -0.2) is 21.3 Å². The SMILES string of the molecule is Cc1oc(C)c(-c2nnc3n2CCNC3)c1C. The Hall–Kier alpha value is -1.62. The maximum Gasteiger partial charge on any atom is 0.167 e. The van der Waals surface area contributed by atoms with Crippen LogP contribution in [0.2, 0.25) is 0 Å². The fourth-order valence-corrected chi connectivity index (χ4v) is 2.40.